The zero-order valence-electron chi connectivity index (χ0n) is 13.8. The van der Waals surface area contributed by atoms with Crippen molar-refractivity contribution in [2.75, 3.05) is 19.6 Å². The molecule has 0 radical (unpaired) electrons. The number of carbonyl (C=O) groups excluding carboxylic acids is 1. The molecule has 3 saturated heterocycles. The molecule has 5 nitrogen and oxygen atoms in total. The number of hydrogen-bond donors (Lipinski definition) is 1. The monoisotopic (exact) mass is 363 g/mol. The molecule has 8 heteroatoms. The number of pyridine rings is 1. The van der Waals surface area contributed by atoms with Crippen molar-refractivity contribution in [1.29, 1.82) is 0 Å². The van der Waals surface area contributed by atoms with Gasteiger partial charge in [0.1, 0.15) is 12.0 Å². The van der Waals surface area contributed by atoms with Crippen LogP contribution in [-0.4, -0.2) is 47.6 Å². The van der Waals surface area contributed by atoms with Crippen molar-refractivity contribution in [2.45, 2.75) is 25.1 Å². The third-order valence-electron chi connectivity index (χ3n) is 5.01. The molecule has 0 saturated carbocycles. The summed E-state index contributed by atoms with van der Waals surface area (Å²) < 4.78 is 42.1. The first-order valence-corrected chi connectivity index (χ1v) is 8.39. The van der Waals surface area contributed by atoms with Gasteiger partial charge in [-0.2, -0.15) is 13.2 Å². The largest absolute Gasteiger partial charge is 0.461 e. The predicted octanol–water partition coefficient (Wildman–Crippen LogP) is 2.57. The van der Waals surface area contributed by atoms with Crippen LogP contribution in [0.1, 0.15) is 28.9 Å². The second-order valence-electron chi connectivity index (χ2n) is 6.68. The lowest BCUT2D eigenvalue weighted by Crippen LogP contribution is -2.57. The number of aromatic nitrogens is 1. The van der Waals surface area contributed by atoms with Gasteiger partial charge in [0, 0.05) is 23.9 Å². The summed E-state index contributed by atoms with van der Waals surface area (Å²) in [6.45, 7) is 2.96. The highest BCUT2D eigenvalue weighted by molar-refractivity contribution is 5.97. The average molecular weight is 363 g/mol. The van der Waals surface area contributed by atoms with Crippen LogP contribution < -0.4 is 5.32 Å². The van der Waals surface area contributed by atoms with Gasteiger partial charge in [-0.3, -0.25) is 4.79 Å². The summed E-state index contributed by atoms with van der Waals surface area (Å²) >= 11 is 0. The molecule has 0 aromatic carbocycles. The fraction of sp³-hybridized carbons (Fsp3) is 0.444. The van der Waals surface area contributed by atoms with Crippen LogP contribution in [0.2, 0.25) is 0 Å². The number of furan rings is 1. The molecular formula is C18H16F3N3O2. The molecule has 1 amide bonds. The maximum atomic E-state index is 12.5. The quantitative estimate of drug-likeness (QED) is 0.834. The fourth-order valence-electron chi connectivity index (χ4n) is 3.66. The molecule has 5 heterocycles. The Morgan fingerprint density at radius 2 is 2.12 bits per heavy atom. The Bertz CT molecular complexity index is 902. The van der Waals surface area contributed by atoms with Gasteiger partial charge >= 0.3 is 6.18 Å². The molecule has 0 aliphatic carbocycles. The van der Waals surface area contributed by atoms with E-state index < -0.39 is 6.18 Å². The Morgan fingerprint density at radius 1 is 1.35 bits per heavy atom. The van der Waals surface area contributed by atoms with Crippen molar-refractivity contribution >= 4 is 16.9 Å². The first kappa shape index (κ1) is 16.9. The minimum atomic E-state index is -4.59. The van der Waals surface area contributed by atoms with E-state index in [2.05, 4.69) is 15.2 Å². The number of nitrogens with one attached hydrogen (secondary N) is 1. The highest BCUT2D eigenvalue weighted by Crippen LogP contribution is 2.28. The molecule has 26 heavy (non-hydrogen) atoms. The SMILES string of the molecule is O=C(NC1CN2CCC1CC2)c1cc2c(C#CC(F)(F)F)coc2cn1. The second-order valence-corrected chi connectivity index (χ2v) is 6.68. The van der Waals surface area contributed by atoms with E-state index in [0.29, 0.717) is 11.3 Å². The zero-order valence-corrected chi connectivity index (χ0v) is 13.8. The molecule has 0 spiro atoms. The minimum Gasteiger partial charge on any atom is -0.461 e. The number of alkyl halides is 3. The smallest absolute Gasteiger partial charge is 0.458 e. The number of rotatable bonds is 2. The normalized spacial score (nSPS) is 25.0. The Labute approximate surface area is 147 Å². The number of piperidine rings is 3. The van der Waals surface area contributed by atoms with E-state index >= 15 is 0 Å². The van der Waals surface area contributed by atoms with Crippen LogP contribution in [0.3, 0.4) is 0 Å². The molecular weight excluding hydrogens is 347 g/mol. The van der Waals surface area contributed by atoms with Gasteiger partial charge in [0.25, 0.3) is 5.91 Å². The second kappa shape index (κ2) is 6.32. The molecule has 3 aliphatic heterocycles. The van der Waals surface area contributed by atoms with Crippen LogP contribution in [0.4, 0.5) is 13.2 Å². The first-order chi connectivity index (χ1) is 12.4. The summed E-state index contributed by atoms with van der Waals surface area (Å²) in [5.74, 6) is 3.39. The van der Waals surface area contributed by atoms with E-state index in [9.17, 15) is 18.0 Å². The van der Waals surface area contributed by atoms with Crippen LogP contribution >= 0.6 is 0 Å². The Kier molecular flexibility index (Phi) is 4.11. The number of carbonyl (C=O) groups is 1. The van der Waals surface area contributed by atoms with E-state index in [1.807, 2.05) is 5.92 Å². The van der Waals surface area contributed by atoms with Crippen molar-refractivity contribution in [1.82, 2.24) is 15.2 Å². The Balaban J connectivity index is 1.56. The van der Waals surface area contributed by atoms with E-state index in [-0.39, 0.29) is 28.8 Å². The molecule has 1 N–H and O–H groups in total. The van der Waals surface area contributed by atoms with Gasteiger partial charge in [0.2, 0.25) is 0 Å². The molecule has 2 aromatic heterocycles. The maximum Gasteiger partial charge on any atom is 0.458 e. The minimum absolute atomic E-state index is 0.0799. The van der Waals surface area contributed by atoms with E-state index in [4.69, 9.17) is 4.42 Å². The summed E-state index contributed by atoms with van der Waals surface area (Å²) in [5.41, 5.74) is 0.512. The van der Waals surface area contributed by atoms with E-state index in [1.54, 1.807) is 0 Å². The molecule has 2 bridgehead atoms. The van der Waals surface area contributed by atoms with Crippen molar-refractivity contribution in [3.05, 3.63) is 29.8 Å². The Hall–Kier alpha value is -2.53. The van der Waals surface area contributed by atoms with Crippen LogP contribution in [0.15, 0.2) is 22.9 Å². The van der Waals surface area contributed by atoms with Gasteiger partial charge in [-0.25, -0.2) is 4.98 Å². The van der Waals surface area contributed by atoms with Crippen molar-refractivity contribution < 1.29 is 22.4 Å². The number of hydrogen-bond acceptors (Lipinski definition) is 4. The van der Waals surface area contributed by atoms with Gasteiger partial charge in [-0.05, 0) is 37.9 Å². The predicted molar refractivity (Wildman–Crippen MR) is 87.4 cm³/mol. The van der Waals surface area contributed by atoms with Crippen molar-refractivity contribution in [3.63, 3.8) is 0 Å². The molecule has 136 valence electrons. The lowest BCUT2D eigenvalue weighted by molar-refractivity contribution is -0.0696. The lowest BCUT2D eigenvalue weighted by Gasteiger charge is -2.44. The summed E-state index contributed by atoms with van der Waals surface area (Å²) in [7, 11) is 0. The summed E-state index contributed by atoms with van der Waals surface area (Å²) in [6, 6.07) is 1.51. The molecule has 1 atom stereocenters. The van der Waals surface area contributed by atoms with Crippen LogP contribution in [-0.2, 0) is 0 Å². The zero-order chi connectivity index (χ0) is 18.3. The topological polar surface area (TPSA) is 58.4 Å². The number of nitrogens with zero attached hydrogens (tertiary/aromatic N) is 2. The molecule has 1 unspecified atom stereocenters. The number of fused-ring (bicyclic) bond motifs is 4. The summed E-state index contributed by atoms with van der Waals surface area (Å²) in [4.78, 5) is 18.9. The molecule has 2 aromatic rings. The third-order valence-corrected chi connectivity index (χ3v) is 5.01. The van der Waals surface area contributed by atoms with Crippen LogP contribution in [0.25, 0.3) is 11.0 Å². The highest BCUT2D eigenvalue weighted by atomic mass is 19.4. The fourth-order valence-corrected chi connectivity index (χ4v) is 3.66. The van der Waals surface area contributed by atoms with Crippen molar-refractivity contribution in [3.8, 4) is 11.8 Å². The summed E-state index contributed by atoms with van der Waals surface area (Å²) in [5, 5.41) is 3.35. The maximum absolute atomic E-state index is 12.5. The van der Waals surface area contributed by atoms with Gasteiger partial charge in [-0.15, -0.1) is 0 Å². The molecule has 3 aliphatic rings. The third kappa shape index (κ3) is 3.40. The average Bonchev–Trinajstić information content (AvgIpc) is 3.02. The summed E-state index contributed by atoms with van der Waals surface area (Å²) in [6.07, 6.45) is 0.0127. The van der Waals surface area contributed by atoms with Crippen molar-refractivity contribution in [2.24, 2.45) is 5.92 Å². The highest BCUT2D eigenvalue weighted by Gasteiger charge is 2.35. The van der Waals surface area contributed by atoms with E-state index in [0.717, 1.165) is 38.7 Å². The lowest BCUT2D eigenvalue weighted by atomic mass is 9.84. The molecule has 5 rings (SSSR count). The number of amides is 1. The van der Waals surface area contributed by atoms with Gasteiger partial charge in [0.05, 0.1) is 11.8 Å². The first-order valence-electron chi connectivity index (χ1n) is 8.39. The van der Waals surface area contributed by atoms with Gasteiger partial charge in [-0.1, -0.05) is 5.92 Å². The Morgan fingerprint density at radius 3 is 2.77 bits per heavy atom. The standard InChI is InChI=1S/C18H16F3N3O2/c19-18(20,21)4-1-12-10-26-16-8-22-14(7-13(12)16)17(25)23-15-9-24-5-2-11(15)3-6-24/h7-8,10-11,15H,2-3,5-6,9H2,(H,23,25). The van der Waals surface area contributed by atoms with Gasteiger partial charge < -0.3 is 14.6 Å². The van der Waals surface area contributed by atoms with Crippen LogP contribution in [0.5, 0.6) is 0 Å². The van der Waals surface area contributed by atoms with Gasteiger partial charge in [0.15, 0.2) is 5.58 Å². The number of halogens is 3. The van der Waals surface area contributed by atoms with Crippen LogP contribution in [0, 0.1) is 17.8 Å². The van der Waals surface area contributed by atoms with E-state index in [1.165, 1.54) is 18.2 Å². The molecule has 3 fully saturated rings.